The summed E-state index contributed by atoms with van der Waals surface area (Å²) in [6.45, 7) is 1.04. The number of non-ortho nitro benzene ring substituents is 1. The molecule has 0 bridgehead atoms. The second kappa shape index (κ2) is 3.46. The standard InChI is InChI=1S/C9H7N3O3/c10-5-6-3-7(12(13)14)4-8-9(6)15-2-1-11-8/h3-4,11H,1-2H2. The number of hydrogen-bond donors (Lipinski definition) is 1. The highest BCUT2D eigenvalue weighted by atomic mass is 16.6. The summed E-state index contributed by atoms with van der Waals surface area (Å²) in [5, 5.41) is 22.4. The van der Waals surface area contributed by atoms with Gasteiger partial charge in [-0.25, -0.2) is 0 Å². The molecule has 0 amide bonds. The van der Waals surface area contributed by atoms with Crippen LogP contribution in [0.3, 0.4) is 0 Å². The Labute approximate surface area is 85.2 Å². The van der Waals surface area contributed by atoms with E-state index in [1.165, 1.54) is 12.1 Å². The number of nitriles is 1. The van der Waals surface area contributed by atoms with Crippen molar-refractivity contribution in [1.29, 1.82) is 5.26 Å². The van der Waals surface area contributed by atoms with E-state index in [0.717, 1.165) is 0 Å². The lowest BCUT2D eigenvalue weighted by atomic mass is 10.1. The van der Waals surface area contributed by atoms with Gasteiger partial charge in [0.2, 0.25) is 0 Å². The largest absolute Gasteiger partial charge is 0.488 e. The van der Waals surface area contributed by atoms with E-state index in [1.807, 2.05) is 6.07 Å². The smallest absolute Gasteiger partial charge is 0.273 e. The third-order valence-corrected chi connectivity index (χ3v) is 2.07. The summed E-state index contributed by atoms with van der Waals surface area (Å²) >= 11 is 0. The molecule has 6 heteroatoms. The molecule has 0 atom stereocenters. The fourth-order valence-corrected chi connectivity index (χ4v) is 1.43. The number of rotatable bonds is 1. The molecule has 15 heavy (non-hydrogen) atoms. The number of fused-ring (bicyclic) bond motifs is 1. The predicted octanol–water partition coefficient (Wildman–Crippen LogP) is 1.27. The first-order valence-electron chi connectivity index (χ1n) is 4.31. The molecule has 1 heterocycles. The number of ether oxygens (including phenoxy) is 1. The van der Waals surface area contributed by atoms with Gasteiger partial charge in [0.25, 0.3) is 5.69 Å². The molecule has 1 aromatic rings. The summed E-state index contributed by atoms with van der Waals surface area (Å²) < 4.78 is 5.27. The van der Waals surface area contributed by atoms with E-state index in [1.54, 1.807) is 0 Å². The monoisotopic (exact) mass is 205 g/mol. The van der Waals surface area contributed by atoms with E-state index in [0.29, 0.717) is 24.6 Å². The van der Waals surface area contributed by atoms with Gasteiger partial charge in [-0.2, -0.15) is 5.26 Å². The summed E-state index contributed by atoms with van der Waals surface area (Å²) in [5.41, 5.74) is 0.585. The molecule has 1 aliphatic rings. The van der Waals surface area contributed by atoms with E-state index in [4.69, 9.17) is 10.00 Å². The minimum atomic E-state index is -0.530. The zero-order valence-electron chi connectivity index (χ0n) is 7.69. The predicted molar refractivity (Wildman–Crippen MR) is 51.8 cm³/mol. The zero-order valence-corrected chi connectivity index (χ0v) is 7.69. The summed E-state index contributed by atoms with van der Waals surface area (Å²) in [7, 11) is 0. The van der Waals surface area contributed by atoms with Gasteiger partial charge in [-0.1, -0.05) is 0 Å². The molecule has 1 aliphatic heterocycles. The lowest BCUT2D eigenvalue weighted by Gasteiger charge is -2.19. The van der Waals surface area contributed by atoms with Crippen LogP contribution in [0.5, 0.6) is 5.75 Å². The van der Waals surface area contributed by atoms with E-state index in [9.17, 15) is 10.1 Å². The molecule has 2 rings (SSSR count). The molecule has 0 saturated heterocycles. The Morgan fingerprint density at radius 3 is 3.07 bits per heavy atom. The molecule has 6 nitrogen and oxygen atoms in total. The van der Waals surface area contributed by atoms with Gasteiger partial charge >= 0.3 is 0 Å². The van der Waals surface area contributed by atoms with Crippen molar-refractivity contribution < 1.29 is 9.66 Å². The van der Waals surface area contributed by atoms with Gasteiger partial charge < -0.3 is 10.1 Å². The summed E-state index contributed by atoms with van der Waals surface area (Å²) in [6, 6.07) is 4.47. The third-order valence-electron chi connectivity index (χ3n) is 2.07. The fourth-order valence-electron chi connectivity index (χ4n) is 1.43. The van der Waals surface area contributed by atoms with Gasteiger partial charge in [-0.05, 0) is 0 Å². The lowest BCUT2D eigenvalue weighted by molar-refractivity contribution is -0.384. The Morgan fingerprint density at radius 2 is 2.40 bits per heavy atom. The minimum Gasteiger partial charge on any atom is -0.488 e. The lowest BCUT2D eigenvalue weighted by Crippen LogP contribution is -2.19. The maximum atomic E-state index is 10.6. The van der Waals surface area contributed by atoms with Gasteiger partial charge in [-0.3, -0.25) is 10.1 Å². The van der Waals surface area contributed by atoms with E-state index in [-0.39, 0.29) is 11.3 Å². The van der Waals surface area contributed by atoms with Crippen molar-refractivity contribution in [1.82, 2.24) is 0 Å². The molecule has 0 radical (unpaired) electrons. The zero-order chi connectivity index (χ0) is 10.8. The number of nitrogens with zero attached hydrogens (tertiary/aromatic N) is 2. The van der Waals surface area contributed by atoms with Crippen LogP contribution < -0.4 is 10.1 Å². The van der Waals surface area contributed by atoms with Gasteiger partial charge in [0.15, 0.2) is 5.75 Å². The number of nitrogens with one attached hydrogen (secondary N) is 1. The second-order valence-electron chi connectivity index (χ2n) is 3.01. The van der Waals surface area contributed by atoms with Crippen LogP contribution >= 0.6 is 0 Å². The first kappa shape index (κ1) is 9.27. The Bertz CT molecular complexity index is 464. The number of nitro groups is 1. The Morgan fingerprint density at radius 1 is 1.60 bits per heavy atom. The summed E-state index contributed by atoms with van der Waals surface area (Å²) in [6.07, 6.45) is 0. The van der Waals surface area contributed by atoms with Crippen molar-refractivity contribution in [3.63, 3.8) is 0 Å². The summed E-state index contributed by atoms with van der Waals surface area (Å²) in [4.78, 5) is 10.1. The van der Waals surface area contributed by atoms with Crippen LogP contribution in [0.25, 0.3) is 0 Å². The van der Waals surface area contributed by atoms with Crippen molar-refractivity contribution in [3.05, 3.63) is 27.8 Å². The van der Waals surface area contributed by atoms with Crippen molar-refractivity contribution in [2.75, 3.05) is 18.5 Å². The van der Waals surface area contributed by atoms with Crippen LogP contribution in [0.1, 0.15) is 5.56 Å². The van der Waals surface area contributed by atoms with Crippen molar-refractivity contribution in [3.8, 4) is 11.8 Å². The van der Waals surface area contributed by atoms with Crippen molar-refractivity contribution in [2.24, 2.45) is 0 Å². The fraction of sp³-hybridized carbons (Fsp3) is 0.222. The van der Waals surface area contributed by atoms with Gasteiger partial charge in [0, 0.05) is 18.7 Å². The van der Waals surface area contributed by atoms with Crippen LogP contribution in [-0.2, 0) is 0 Å². The third kappa shape index (κ3) is 1.55. The molecule has 0 unspecified atom stereocenters. The van der Waals surface area contributed by atoms with Crippen LogP contribution in [0, 0.1) is 21.4 Å². The highest BCUT2D eigenvalue weighted by Crippen LogP contribution is 2.34. The molecule has 0 aliphatic carbocycles. The topological polar surface area (TPSA) is 88.2 Å². The van der Waals surface area contributed by atoms with Crippen LogP contribution in [0.4, 0.5) is 11.4 Å². The average Bonchev–Trinajstić information content (AvgIpc) is 2.27. The van der Waals surface area contributed by atoms with Crippen molar-refractivity contribution >= 4 is 11.4 Å². The Balaban J connectivity index is 2.59. The summed E-state index contributed by atoms with van der Waals surface area (Å²) in [5.74, 6) is 0.398. The maximum Gasteiger partial charge on any atom is 0.273 e. The van der Waals surface area contributed by atoms with Gasteiger partial charge in [0.1, 0.15) is 18.2 Å². The SMILES string of the molecule is N#Cc1cc([N+](=O)[O-])cc2c1OCCN2. The first-order chi connectivity index (χ1) is 7.22. The van der Waals surface area contributed by atoms with Crippen LogP contribution in [0.2, 0.25) is 0 Å². The molecule has 0 saturated carbocycles. The Hall–Kier alpha value is -2.29. The second-order valence-corrected chi connectivity index (χ2v) is 3.01. The molecule has 76 valence electrons. The normalized spacial score (nSPS) is 13.0. The Kier molecular flexibility index (Phi) is 2.14. The quantitative estimate of drug-likeness (QED) is 0.550. The van der Waals surface area contributed by atoms with E-state index in [2.05, 4.69) is 5.32 Å². The molecule has 0 fully saturated rings. The number of hydrogen-bond acceptors (Lipinski definition) is 5. The molecule has 1 aromatic carbocycles. The number of nitro benzene ring substituents is 1. The van der Waals surface area contributed by atoms with Crippen LogP contribution in [-0.4, -0.2) is 18.1 Å². The van der Waals surface area contributed by atoms with Gasteiger partial charge in [0.05, 0.1) is 10.6 Å². The first-order valence-corrected chi connectivity index (χ1v) is 4.31. The van der Waals surface area contributed by atoms with Crippen molar-refractivity contribution in [2.45, 2.75) is 0 Å². The van der Waals surface area contributed by atoms with Gasteiger partial charge in [-0.15, -0.1) is 0 Å². The molecule has 0 spiro atoms. The highest BCUT2D eigenvalue weighted by molar-refractivity contribution is 5.69. The molecule has 0 aromatic heterocycles. The van der Waals surface area contributed by atoms with E-state index >= 15 is 0 Å². The average molecular weight is 205 g/mol. The molecular formula is C9H7N3O3. The molecule has 1 N–H and O–H groups in total. The number of benzene rings is 1. The highest BCUT2D eigenvalue weighted by Gasteiger charge is 2.19. The number of anilines is 1. The van der Waals surface area contributed by atoms with Crippen LogP contribution in [0.15, 0.2) is 12.1 Å². The molecular weight excluding hydrogens is 198 g/mol. The minimum absolute atomic E-state index is 0.108. The maximum absolute atomic E-state index is 10.6. The van der Waals surface area contributed by atoms with E-state index < -0.39 is 4.92 Å².